The van der Waals surface area contributed by atoms with Crippen molar-refractivity contribution in [2.45, 2.75) is 13.0 Å². The largest absolute Gasteiger partial charge is 0.392 e. The van der Waals surface area contributed by atoms with Crippen LogP contribution in [0.5, 0.6) is 0 Å². The first-order valence-electron chi connectivity index (χ1n) is 4.73. The van der Waals surface area contributed by atoms with Crippen molar-refractivity contribution < 1.29 is 9.84 Å². The summed E-state index contributed by atoms with van der Waals surface area (Å²) in [6, 6.07) is 0. The summed E-state index contributed by atoms with van der Waals surface area (Å²) in [6.07, 6.45) is -0.260. The van der Waals surface area contributed by atoms with E-state index in [1.807, 2.05) is 0 Å². The standard InChI is InChI=1S/C9H22N2O2/c1-9(12)8-10-4-5-11(2)6-7-13-3/h9-10,12H,4-8H2,1-3H3. The van der Waals surface area contributed by atoms with Crippen LogP contribution in [-0.2, 0) is 4.74 Å². The van der Waals surface area contributed by atoms with Crippen molar-refractivity contribution in [1.29, 1.82) is 0 Å². The van der Waals surface area contributed by atoms with Crippen molar-refractivity contribution in [3.63, 3.8) is 0 Å². The zero-order chi connectivity index (χ0) is 10.1. The van der Waals surface area contributed by atoms with Crippen molar-refractivity contribution in [3.05, 3.63) is 0 Å². The highest BCUT2D eigenvalue weighted by molar-refractivity contribution is 4.56. The molecule has 1 unspecified atom stereocenters. The molecular weight excluding hydrogens is 168 g/mol. The molecule has 0 rings (SSSR count). The normalized spacial score (nSPS) is 13.6. The Kier molecular flexibility index (Phi) is 8.33. The Morgan fingerprint density at radius 3 is 2.69 bits per heavy atom. The van der Waals surface area contributed by atoms with E-state index in [0.717, 1.165) is 26.2 Å². The summed E-state index contributed by atoms with van der Waals surface area (Å²) in [5.74, 6) is 0. The lowest BCUT2D eigenvalue weighted by Gasteiger charge is -2.16. The number of hydrogen-bond acceptors (Lipinski definition) is 4. The molecule has 1 atom stereocenters. The van der Waals surface area contributed by atoms with Gasteiger partial charge in [-0.25, -0.2) is 0 Å². The molecule has 0 fully saturated rings. The van der Waals surface area contributed by atoms with Gasteiger partial charge in [0, 0.05) is 33.3 Å². The van der Waals surface area contributed by atoms with Crippen LogP contribution in [0.4, 0.5) is 0 Å². The van der Waals surface area contributed by atoms with E-state index in [-0.39, 0.29) is 6.10 Å². The smallest absolute Gasteiger partial charge is 0.0636 e. The van der Waals surface area contributed by atoms with Gasteiger partial charge in [-0.15, -0.1) is 0 Å². The first kappa shape index (κ1) is 12.8. The van der Waals surface area contributed by atoms with Gasteiger partial charge in [0.15, 0.2) is 0 Å². The lowest BCUT2D eigenvalue weighted by Crippen LogP contribution is -2.34. The van der Waals surface area contributed by atoms with Crippen LogP contribution in [0.2, 0.25) is 0 Å². The summed E-state index contributed by atoms with van der Waals surface area (Å²) in [6.45, 7) is 6.06. The molecule has 0 aliphatic rings. The molecule has 0 heterocycles. The van der Waals surface area contributed by atoms with Crippen molar-refractivity contribution in [2.75, 3.05) is 46.9 Å². The van der Waals surface area contributed by atoms with Gasteiger partial charge in [0.2, 0.25) is 0 Å². The molecule has 0 aliphatic heterocycles. The maximum Gasteiger partial charge on any atom is 0.0636 e. The number of likely N-dealkylation sites (N-methyl/N-ethyl adjacent to an activating group) is 1. The number of aliphatic hydroxyl groups is 1. The highest BCUT2D eigenvalue weighted by atomic mass is 16.5. The van der Waals surface area contributed by atoms with Crippen LogP contribution in [0.15, 0.2) is 0 Å². The summed E-state index contributed by atoms with van der Waals surface area (Å²) in [4.78, 5) is 2.19. The lowest BCUT2D eigenvalue weighted by molar-refractivity contribution is 0.158. The highest BCUT2D eigenvalue weighted by Gasteiger charge is 1.97. The minimum atomic E-state index is -0.260. The average Bonchev–Trinajstić information content (AvgIpc) is 2.08. The van der Waals surface area contributed by atoms with Crippen LogP contribution in [0.1, 0.15) is 6.92 Å². The molecule has 0 amide bonds. The predicted octanol–water partition coefficient (Wildman–Crippen LogP) is -0.465. The molecule has 4 nitrogen and oxygen atoms in total. The number of aliphatic hydroxyl groups excluding tert-OH is 1. The van der Waals surface area contributed by atoms with Crippen molar-refractivity contribution in [2.24, 2.45) is 0 Å². The van der Waals surface area contributed by atoms with E-state index in [2.05, 4.69) is 17.3 Å². The van der Waals surface area contributed by atoms with Gasteiger partial charge in [-0.2, -0.15) is 0 Å². The van der Waals surface area contributed by atoms with Crippen LogP contribution < -0.4 is 5.32 Å². The van der Waals surface area contributed by atoms with Gasteiger partial charge in [0.1, 0.15) is 0 Å². The van der Waals surface area contributed by atoms with Gasteiger partial charge < -0.3 is 20.1 Å². The number of methoxy groups -OCH3 is 1. The molecule has 0 aromatic rings. The van der Waals surface area contributed by atoms with Gasteiger partial charge in [0.05, 0.1) is 12.7 Å². The van der Waals surface area contributed by atoms with Gasteiger partial charge >= 0.3 is 0 Å². The van der Waals surface area contributed by atoms with E-state index in [1.54, 1.807) is 14.0 Å². The molecule has 13 heavy (non-hydrogen) atoms. The second-order valence-electron chi connectivity index (χ2n) is 3.35. The SMILES string of the molecule is COCCN(C)CCNCC(C)O. The zero-order valence-electron chi connectivity index (χ0n) is 8.92. The average molecular weight is 190 g/mol. The lowest BCUT2D eigenvalue weighted by atomic mass is 10.4. The molecule has 0 saturated heterocycles. The quantitative estimate of drug-likeness (QED) is 0.508. The Labute approximate surface area is 80.9 Å². The van der Waals surface area contributed by atoms with Gasteiger partial charge in [-0.3, -0.25) is 0 Å². The minimum Gasteiger partial charge on any atom is -0.392 e. The van der Waals surface area contributed by atoms with Crippen molar-refractivity contribution in [1.82, 2.24) is 10.2 Å². The summed E-state index contributed by atoms with van der Waals surface area (Å²) in [5, 5.41) is 12.1. The van der Waals surface area contributed by atoms with E-state index >= 15 is 0 Å². The third-order valence-electron chi connectivity index (χ3n) is 1.79. The number of hydrogen-bond donors (Lipinski definition) is 2. The monoisotopic (exact) mass is 190 g/mol. The Hall–Kier alpha value is -0.160. The summed E-state index contributed by atoms with van der Waals surface area (Å²) in [5.41, 5.74) is 0. The number of ether oxygens (including phenoxy) is 1. The molecule has 4 heteroatoms. The van der Waals surface area contributed by atoms with E-state index in [0.29, 0.717) is 6.54 Å². The number of nitrogens with zero attached hydrogens (tertiary/aromatic N) is 1. The third kappa shape index (κ3) is 9.76. The Morgan fingerprint density at radius 1 is 1.46 bits per heavy atom. The van der Waals surface area contributed by atoms with Gasteiger partial charge in [-0.1, -0.05) is 0 Å². The molecular formula is C9H22N2O2. The molecule has 0 spiro atoms. The fraction of sp³-hybridized carbons (Fsp3) is 1.00. The molecule has 2 N–H and O–H groups in total. The Balaban J connectivity index is 3.12. The topological polar surface area (TPSA) is 44.7 Å². The maximum absolute atomic E-state index is 8.96. The summed E-state index contributed by atoms with van der Waals surface area (Å²) >= 11 is 0. The molecule has 0 saturated carbocycles. The van der Waals surface area contributed by atoms with Crippen LogP contribution in [-0.4, -0.2) is 63.1 Å². The first-order valence-corrected chi connectivity index (χ1v) is 4.73. The van der Waals surface area contributed by atoms with Crippen LogP contribution in [0.3, 0.4) is 0 Å². The van der Waals surface area contributed by atoms with Crippen LogP contribution >= 0.6 is 0 Å². The second-order valence-corrected chi connectivity index (χ2v) is 3.35. The van der Waals surface area contributed by atoms with E-state index < -0.39 is 0 Å². The Bertz CT molecular complexity index is 110. The molecule has 0 aliphatic carbocycles. The number of nitrogens with one attached hydrogen (secondary N) is 1. The van der Waals surface area contributed by atoms with Crippen LogP contribution in [0.25, 0.3) is 0 Å². The highest BCUT2D eigenvalue weighted by Crippen LogP contribution is 1.81. The van der Waals surface area contributed by atoms with Gasteiger partial charge in [0.25, 0.3) is 0 Å². The van der Waals surface area contributed by atoms with Crippen molar-refractivity contribution >= 4 is 0 Å². The predicted molar refractivity (Wildman–Crippen MR) is 53.9 cm³/mol. The maximum atomic E-state index is 8.96. The van der Waals surface area contributed by atoms with E-state index in [4.69, 9.17) is 9.84 Å². The van der Waals surface area contributed by atoms with Crippen LogP contribution in [0, 0.1) is 0 Å². The van der Waals surface area contributed by atoms with Crippen molar-refractivity contribution in [3.8, 4) is 0 Å². The molecule has 0 bridgehead atoms. The molecule has 80 valence electrons. The fourth-order valence-electron chi connectivity index (χ4n) is 0.940. The number of rotatable bonds is 8. The summed E-state index contributed by atoms with van der Waals surface area (Å²) < 4.78 is 4.95. The second kappa shape index (κ2) is 8.44. The molecule has 0 radical (unpaired) electrons. The Morgan fingerprint density at radius 2 is 2.15 bits per heavy atom. The summed E-state index contributed by atoms with van der Waals surface area (Å²) in [7, 11) is 3.77. The van der Waals surface area contributed by atoms with E-state index in [1.165, 1.54) is 0 Å². The zero-order valence-corrected chi connectivity index (χ0v) is 8.92. The fourth-order valence-corrected chi connectivity index (χ4v) is 0.940. The third-order valence-corrected chi connectivity index (χ3v) is 1.79. The minimum absolute atomic E-state index is 0.260. The molecule has 0 aromatic heterocycles. The van der Waals surface area contributed by atoms with E-state index in [9.17, 15) is 0 Å². The van der Waals surface area contributed by atoms with Gasteiger partial charge in [-0.05, 0) is 14.0 Å². The molecule has 0 aromatic carbocycles. The first-order chi connectivity index (χ1) is 6.16.